The number of benzene rings is 9. The van der Waals surface area contributed by atoms with Crippen LogP contribution in [0.4, 0.5) is 34.1 Å². The summed E-state index contributed by atoms with van der Waals surface area (Å²) >= 11 is 0. The van der Waals surface area contributed by atoms with Crippen LogP contribution in [0.3, 0.4) is 0 Å². The number of anilines is 6. The van der Waals surface area contributed by atoms with Gasteiger partial charge in [-0.2, -0.15) is 0 Å². The van der Waals surface area contributed by atoms with E-state index in [0.29, 0.717) is 0 Å². The summed E-state index contributed by atoms with van der Waals surface area (Å²) in [6, 6.07) is 74.2. The van der Waals surface area contributed by atoms with Crippen molar-refractivity contribution >= 4 is 117 Å². The number of hydrogen-bond donors (Lipinski definition) is 0. The first-order chi connectivity index (χ1) is 29.3. The summed E-state index contributed by atoms with van der Waals surface area (Å²) in [6.07, 6.45) is 0. The van der Waals surface area contributed by atoms with Crippen LogP contribution in [-0.2, 0) is 0 Å². The third-order valence-electron chi connectivity index (χ3n) is 13.2. The van der Waals surface area contributed by atoms with E-state index in [4.69, 9.17) is 0 Å². The molecular weight excluding hydrogens is 715 g/mol. The van der Waals surface area contributed by atoms with E-state index in [9.17, 15) is 0 Å². The van der Waals surface area contributed by atoms with E-state index >= 15 is 0 Å². The van der Waals surface area contributed by atoms with Crippen LogP contribution in [-0.4, -0.2) is 15.7 Å². The maximum absolute atomic E-state index is 2.55. The maximum atomic E-state index is 2.55. The molecule has 0 saturated heterocycles. The van der Waals surface area contributed by atoms with Crippen LogP contribution in [0.1, 0.15) is 0 Å². The second-order valence-corrected chi connectivity index (χ2v) is 16.1. The van der Waals surface area contributed by atoms with Crippen molar-refractivity contribution in [2.75, 3.05) is 9.80 Å². The average molecular weight is 749 g/mol. The second-order valence-electron chi connectivity index (χ2n) is 16.1. The predicted molar refractivity (Wildman–Crippen MR) is 249 cm³/mol. The summed E-state index contributed by atoms with van der Waals surface area (Å²) in [4.78, 5) is 5.07. The highest BCUT2D eigenvalue weighted by Crippen LogP contribution is 2.49. The number of aromatic nitrogens is 2. The first kappa shape index (κ1) is 31.3. The SMILES string of the molecule is c1ccc(N2c3cc4c5cccc6c7ccccc7n(c4cc3B3c4ccc7c8ccccc8n(-c8ccccc8)c7c4N(c4ccccc4)c4cccc2c43)c65)cc1. The van der Waals surface area contributed by atoms with Crippen molar-refractivity contribution in [2.45, 2.75) is 0 Å². The first-order valence-corrected chi connectivity index (χ1v) is 20.5. The van der Waals surface area contributed by atoms with Gasteiger partial charge in [-0.05, 0) is 89.2 Å². The third-order valence-corrected chi connectivity index (χ3v) is 13.2. The fourth-order valence-corrected chi connectivity index (χ4v) is 10.9. The van der Waals surface area contributed by atoms with Crippen molar-refractivity contribution in [1.29, 1.82) is 0 Å². The van der Waals surface area contributed by atoms with Crippen LogP contribution in [0, 0.1) is 0 Å². The van der Waals surface area contributed by atoms with Gasteiger partial charge in [0.25, 0.3) is 6.71 Å². The molecule has 0 amide bonds. The Morgan fingerprint density at radius 2 is 0.864 bits per heavy atom. The van der Waals surface area contributed by atoms with E-state index < -0.39 is 0 Å². The monoisotopic (exact) mass is 748 g/mol. The summed E-state index contributed by atoms with van der Waals surface area (Å²) in [5, 5.41) is 7.66. The Morgan fingerprint density at radius 1 is 0.322 bits per heavy atom. The van der Waals surface area contributed by atoms with Gasteiger partial charge < -0.3 is 18.8 Å². The molecule has 12 aromatic rings. The van der Waals surface area contributed by atoms with Crippen LogP contribution in [0.5, 0.6) is 0 Å². The summed E-state index contributed by atoms with van der Waals surface area (Å²) < 4.78 is 5.02. The van der Waals surface area contributed by atoms with Crippen molar-refractivity contribution in [3.05, 3.63) is 200 Å². The molecule has 0 saturated carbocycles. The molecule has 3 aromatic heterocycles. The topological polar surface area (TPSA) is 15.8 Å². The molecule has 14 rings (SSSR count). The van der Waals surface area contributed by atoms with Crippen molar-refractivity contribution in [3.8, 4) is 5.69 Å². The molecule has 0 radical (unpaired) electrons. The Morgan fingerprint density at radius 3 is 1.59 bits per heavy atom. The lowest BCUT2D eigenvalue weighted by Crippen LogP contribution is -2.61. The Balaban J connectivity index is 1.18. The minimum atomic E-state index is -0.0379. The molecule has 0 unspecified atom stereocenters. The standard InChI is InChI=1S/C54H33BN4/c1-4-16-34(17-5-1)56-47-28-15-29-48-51(47)55(44-33-49-42(32-50(44)56)40-25-14-24-39-37-22-11-13-27-46(37)59(49)52(39)40)43-31-30-41-38-23-10-12-26-45(38)57(35-18-6-2-7-19-35)53(41)54(43)58(48)36-20-8-3-9-21-36/h1-33H. The lowest BCUT2D eigenvalue weighted by atomic mass is 9.33. The van der Waals surface area contributed by atoms with Crippen LogP contribution in [0.25, 0.3) is 65.6 Å². The molecule has 0 aliphatic carbocycles. The largest absolute Gasteiger partial charge is 0.311 e. The van der Waals surface area contributed by atoms with Crippen molar-refractivity contribution in [2.24, 2.45) is 0 Å². The molecular formula is C54H33BN4. The smallest absolute Gasteiger partial charge is 0.252 e. The highest BCUT2D eigenvalue weighted by Gasteiger charge is 2.45. The molecule has 0 atom stereocenters. The van der Waals surface area contributed by atoms with E-state index in [1.54, 1.807) is 0 Å². The molecule has 0 fully saturated rings. The number of para-hydroxylation sites is 6. The predicted octanol–water partition coefficient (Wildman–Crippen LogP) is 12.0. The molecule has 2 aliphatic heterocycles. The third kappa shape index (κ3) is 3.99. The van der Waals surface area contributed by atoms with Crippen LogP contribution < -0.4 is 26.2 Å². The van der Waals surface area contributed by atoms with Gasteiger partial charge in [0.2, 0.25) is 0 Å². The lowest BCUT2D eigenvalue weighted by Gasteiger charge is -2.44. The molecule has 0 bridgehead atoms. The van der Waals surface area contributed by atoms with E-state index in [1.807, 2.05) is 0 Å². The van der Waals surface area contributed by atoms with Gasteiger partial charge in [0.15, 0.2) is 0 Å². The van der Waals surface area contributed by atoms with Gasteiger partial charge in [-0.15, -0.1) is 0 Å². The second kappa shape index (κ2) is 11.4. The molecule has 0 N–H and O–H groups in total. The van der Waals surface area contributed by atoms with Crippen LogP contribution >= 0.6 is 0 Å². The maximum Gasteiger partial charge on any atom is 0.252 e. The van der Waals surface area contributed by atoms with Crippen LogP contribution in [0.15, 0.2) is 200 Å². The zero-order valence-corrected chi connectivity index (χ0v) is 31.9. The lowest BCUT2D eigenvalue weighted by molar-refractivity contribution is 1.17. The van der Waals surface area contributed by atoms with E-state index in [1.165, 1.54) is 99.0 Å². The van der Waals surface area contributed by atoms with Crippen molar-refractivity contribution < 1.29 is 0 Å². The molecule has 9 aromatic carbocycles. The summed E-state index contributed by atoms with van der Waals surface area (Å²) in [7, 11) is 0. The zero-order chi connectivity index (χ0) is 38.3. The van der Waals surface area contributed by atoms with Gasteiger partial charge in [0.05, 0.1) is 33.3 Å². The van der Waals surface area contributed by atoms with E-state index in [2.05, 4.69) is 219 Å². The van der Waals surface area contributed by atoms with Gasteiger partial charge in [-0.1, -0.05) is 127 Å². The molecule has 272 valence electrons. The Bertz CT molecular complexity index is 3680. The summed E-state index contributed by atoms with van der Waals surface area (Å²) in [6.45, 7) is -0.0379. The number of nitrogens with zero attached hydrogens (tertiary/aromatic N) is 4. The Hall–Kier alpha value is -7.76. The number of fused-ring (bicyclic) bond motifs is 14. The average Bonchev–Trinajstić information content (AvgIpc) is 3.94. The Labute approximate surface area is 340 Å². The van der Waals surface area contributed by atoms with Gasteiger partial charge in [-0.25, -0.2) is 0 Å². The van der Waals surface area contributed by atoms with Gasteiger partial charge in [0.1, 0.15) is 0 Å². The fourth-order valence-electron chi connectivity index (χ4n) is 10.9. The van der Waals surface area contributed by atoms with Gasteiger partial charge >= 0.3 is 0 Å². The van der Waals surface area contributed by atoms with E-state index in [-0.39, 0.29) is 6.71 Å². The highest BCUT2D eigenvalue weighted by atomic mass is 15.2. The normalized spacial score (nSPS) is 13.3. The minimum Gasteiger partial charge on any atom is -0.311 e. The Kier molecular flexibility index (Phi) is 6.07. The first-order valence-electron chi connectivity index (χ1n) is 20.5. The molecule has 59 heavy (non-hydrogen) atoms. The molecule has 4 nitrogen and oxygen atoms in total. The van der Waals surface area contributed by atoms with Crippen LogP contribution in [0.2, 0.25) is 0 Å². The number of rotatable bonds is 3. The number of hydrogen-bond acceptors (Lipinski definition) is 2. The quantitative estimate of drug-likeness (QED) is 0.167. The van der Waals surface area contributed by atoms with E-state index in [0.717, 1.165) is 17.1 Å². The summed E-state index contributed by atoms with van der Waals surface area (Å²) in [5.74, 6) is 0. The molecule has 5 heteroatoms. The van der Waals surface area contributed by atoms with Gasteiger partial charge in [-0.3, -0.25) is 0 Å². The molecule has 2 aliphatic rings. The van der Waals surface area contributed by atoms with Gasteiger partial charge in [0, 0.05) is 66.4 Å². The molecule has 0 spiro atoms. The zero-order valence-electron chi connectivity index (χ0n) is 31.9. The fraction of sp³-hybridized carbons (Fsp3) is 0. The highest BCUT2D eigenvalue weighted by molar-refractivity contribution is 7.00. The minimum absolute atomic E-state index is 0.0379. The molecule has 5 heterocycles. The van der Waals surface area contributed by atoms with Crippen molar-refractivity contribution in [1.82, 2.24) is 8.97 Å². The summed E-state index contributed by atoms with van der Waals surface area (Å²) in [5.41, 5.74) is 18.4. The van der Waals surface area contributed by atoms with Crippen molar-refractivity contribution in [3.63, 3.8) is 0 Å².